The number of aromatic nitrogens is 3. The van der Waals surface area contributed by atoms with Crippen LogP contribution >= 0.6 is 11.3 Å². The van der Waals surface area contributed by atoms with Crippen LogP contribution in [0.3, 0.4) is 0 Å². The zero-order valence-corrected chi connectivity index (χ0v) is 11.1. The minimum atomic E-state index is -0.0121. The lowest BCUT2D eigenvalue weighted by atomic mass is 10.1. The molecule has 0 amide bonds. The number of hydrogen-bond acceptors (Lipinski definition) is 4. The van der Waals surface area contributed by atoms with E-state index in [2.05, 4.69) is 21.0 Å². The van der Waals surface area contributed by atoms with Gasteiger partial charge in [0.15, 0.2) is 0 Å². The maximum Gasteiger partial charge on any atom is 0.110 e. The highest BCUT2D eigenvalue weighted by molar-refractivity contribution is 7.10. The number of nitrogens with one attached hydrogen (secondary N) is 1. The Labute approximate surface area is 109 Å². The molecule has 2 aromatic heterocycles. The molecule has 0 saturated carbocycles. The topological polar surface area (TPSA) is 67.6 Å². The van der Waals surface area contributed by atoms with Gasteiger partial charge in [0.05, 0.1) is 22.8 Å². The fourth-order valence-electron chi connectivity index (χ4n) is 1.93. The lowest BCUT2D eigenvalue weighted by molar-refractivity contribution is 0.808. The zero-order valence-electron chi connectivity index (χ0n) is 10.3. The summed E-state index contributed by atoms with van der Waals surface area (Å²) in [5.74, 6) is 0.927. The van der Waals surface area contributed by atoms with E-state index in [4.69, 9.17) is 5.73 Å². The van der Waals surface area contributed by atoms with Crippen LogP contribution in [0.2, 0.25) is 0 Å². The molecule has 0 bridgehead atoms. The first kappa shape index (κ1) is 11.4. The SMILES string of the molecule is Cc1nc2ccc(-c3csc(C(C)N)n3)cc2[nH]1. The first-order valence-electron chi connectivity index (χ1n) is 5.81. The van der Waals surface area contributed by atoms with Gasteiger partial charge in [-0.1, -0.05) is 6.07 Å². The van der Waals surface area contributed by atoms with E-state index in [1.165, 1.54) is 0 Å². The summed E-state index contributed by atoms with van der Waals surface area (Å²) >= 11 is 1.60. The largest absolute Gasteiger partial charge is 0.342 e. The molecule has 3 aromatic rings. The predicted molar refractivity (Wildman–Crippen MR) is 74.5 cm³/mol. The number of nitrogens with zero attached hydrogens (tertiary/aromatic N) is 2. The normalized spacial score (nSPS) is 13.1. The van der Waals surface area contributed by atoms with Gasteiger partial charge in [-0.15, -0.1) is 11.3 Å². The van der Waals surface area contributed by atoms with Crippen molar-refractivity contribution in [3.8, 4) is 11.3 Å². The van der Waals surface area contributed by atoms with Crippen molar-refractivity contribution in [3.05, 3.63) is 34.4 Å². The van der Waals surface area contributed by atoms with E-state index in [9.17, 15) is 0 Å². The van der Waals surface area contributed by atoms with Gasteiger partial charge in [0.1, 0.15) is 10.8 Å². The molecule has 0 aliphatic heterocycles. The molecule has 2 heterocycles. The van der Waals surface area contributed by atoms with Gasteiger partial charge in [0.25, 0.3) is 0 Å². The third kappa shape index (κ3) is 1.91. The molecule has 1 aromatic carbocycles. The Hall–Kier alpha value is -1.72. The number of thiazole rings is 1. The summed E-state index contributed by atoms with van der Waals surface area (Å²) in [5.41, 5.74) is 9.92. The minimum absolute atomic E-state index is 0.0121. The Balaban J connectivity index is 2.06. The van der Waals surface area contributed by atoms with E-state index < -0.39 is 0 Å². The molecule has 0 saturated heterocycles. The molecule has 3 N–H and O–H groups in total. The van der Waals surface area contributed by atoms with Gasteiger partial charge in [-0.3, -0.25) is 0 Å². The summed E-state index contributed by atoms with van der Waals surface area (Å²) in [4.78, 5) is 12.2. The number of hydrogen-bond donors (Lipinski definition) is 2. The average molecular weight is 258 g/mol. The van der Waals surface area contributed by atoms with E-state index in [1.807, 2.05) is 31.4 Å². The van der Waals surface area contributed by atoms with Crippen LogP contribution in [-0.2, 0) is 0 Å². The standard InChI is InChI=1S/C13H14N4S/c1-7(14)13-17-12(6-18-13)9-3-4-10-11(5-9)16-8(2)15-10/h3-7H,14H2,1-2H3,(H,15,16). The molecule has 18 heavy (non-hydrogen) atoms. The van der Waals surface area contributed by atoms with Crippen LogP contribution in [-0.4, -0.2) is 15.0 Å². The summed E-state index contributed by atoms with van der Waals surface area (Å²) < 4.78 is 0. The molecule has 4 nitrogen and oxygen atoms in total. The molecule has 0 aliphatic carbocycles. The molecule has 3 rings (SSSR count). The van der Waals surface area contributed by atoms with Crippen LogP contribution in [0.1, 0.15) is 23.8 Å². The van der Waals surface area contributed by atoms with Gasteiger partial charge in [-0.25, -0.2) is 9.97 Å². The molecule has 0 radical (unpaired) electrons. The highest BCUT2D eigenvalue weighted by Crippen LogP contribution is 2.26. The highest BCUT2D eigenvalue weighted by Gasteiger charge is 2.09. The lowest BCUT2D eigenvalue weighted by Crippen LogP contribution is -2.03. The van der Waals surface area contributed by atoms with Crippen molar-refractivity contribution in [2.45, 2.75) is 19.9 Å². The molecule has 0 aliphatic rings. The second-order valence-electron chi connectivity index (χ2n) is 4.41. The van der Waals surface area contributed by atoms with Gasteiger partial charge in [0.2, 0.25) is 0 Å². The Bertz CT molecular complexity index is 696. The average Bonchev–Trinajstić information content (AvgIpc) is 2.91. The van der Waals surface area contributed by atoms with E-state index in [1.54, 1.807) is 11.3 Å². The number of rotatable bonds is 2. The summed E-state index contributed by atoms with van der Waals surface area (Å²) in [6.45, 7) is 3.90. The molecule has 0 fully saturated rings. The fraction of sp³-hybridized carbons (Fsp3) is 0.231. The highest BCUT2D eigenvalue weighted by atomic mass is 32.1. The maximum absolute atomic E-state index is 5.83. The van der Waals surface area contributed by atoms with Crippen LogP contribution in [0.4, 0.5) is 0 Å². The first-order chi connectivity index (χ1) is 8.63. The molecule has 1 unspecified atom stereocenters. The lowest BCUT2D eigenvalue weighted by Gasteiger charge is -1.98. The second-order valence-corrected chi connectivity index (χ2v) is 5.30. The van der Waals surface area contributed by atoms with E-state index in [-0.39, 0.29) is 6.04 Å². The van der Waals surface area contributed by atoms with Crippen LogP contribution in [0.5, 0.6) is 0 Å². The molecule has 92 valence electrons. The van der Waals surface area contributed by atoms with Crippen LogP contribution in [0, 0.1) is 6.92 Å². The van der Waals surface area contributed by atoms with Crippen LogP contribution in [0.25, 0.3) is 22.3 Å². The number of aromatic amines is 1. The Morgan fingerprint density at radius 3 is 2.89 bits per heavy atom. The van der Waals surface area contributed by atoms with E-state index >= 15 is 0 Å². The molecule has 5 heteroatoms. The number of nitrogens with two attached hydrogens (primary N) is 1. The number of imidazole rings is 1. The monoisotopic (exact) mass is 258 g/mol. The van der Waals surface area contributed by atoms with Crippen LogP contribution < -0.4 is 5.73 Å². The Morgan fingerprint density at radius 1 is 1.33 bits per heavy atom. The van der Waals surface area contributed by atoms with Crippen molar-refractivity contribution in [1.29, 1.82) is 0 Å². The number of fused-ring (bicyclic) bond motifs is 1. The molecular formula is C13H14N4S. The van der Waals surface area contributed by atoms with Crippen molar-refractivity contribution < 1.29 is 0 Å². The molecule has 0 spiro atoms. The summed E-state index contributed by atoms with van der Waals surface area (Å²) in [7, 11) is 0. The quantitative estimate of drug-likeness (QED) is 0.742. The minimum Gasteiger partial charge on any atom is -0.342 e. The fourth-order valence-corrected chi connectivity index (χ4v) is 2.71. The van der Waals surface area contributed by atoms with Crippen molar-refractivity contribution in [1.82, 2.24) is 15.0 Å². The van der Waals surface area contributed by atoms with Gasteiger partial charge < -0.3 is 10.7 Å². The van der Waals surface area contributed by atoms with Crippen molar-refractivity contribution >= 4 is 22.4 Å². The number of benzene rings is 1. The van der Waals surface area contributed by atoms with Gasteiger partial charge >= 0.3 is 0 Å². The third-order valence-electron chi connectivity index (χ3n) is 2.81. The van der Waals surface area contributed by atoms with Gasteiger partial charge in [0, 0.05) is 10.9 Å². The van der Waals surface area contributed by atoms with Gasteiger partial charge in [-0.05, 0) is 26.0 Å². The number of aryl methyl sites for hydroxylation is 1. The molecular weight excluding hydrogens is 244 g/mol. The van der Waals surface area contributed by atoms with E-state index in [0.717, 1.165) is 33.1 Å². The maximum atomic E-state index is 5.83. The summed E-state index contributed by atoms with van der Waals surface area (Å²) in [6.07, 6.45) is 0. The summed E-state index contributed by atoms with van der Waals surface area (Å²) in [5, 5.41) is 3.01. The van der Waals surface area contributed by atoms with Crippen molar-refractivity contribution in [2.75, 3.05) is 0 Å². The van der Waals surface area contributed by atoms with Crippen molar-refractivity contribution in [3.63, 3.8) is 0 Å². The number of H-pyrrole nitrogens is 1. The van der Waals surface area contributed by atoms with Crippen molar-refractivity contribution in [2.24, 2.45) is 5.73 Å². The smallest absolute Gasteiger partial charge is 0.110 e. The zero-order chi connectivity index (χ0) is 12.7. The predicted octanol–water partition coefficient (Wildman–Crippen LogP) is 3.01. The second kappa shape index (κ2) is 4.19. The Morgan fingerprint density at radius 2 is 2.17 bits per heavy atom. The van der Waals surface area contributed by atoms with Crippen LogP contribution in [0.15, 0.2) is 23.6 Å². The summed E-state index contributed by atoms with van der Waals surface area (Å²) in [6, 6.07) is 6.12. The van der Waals surface area contributed by atoms with Gasteiger partial charge in [-0.2, -0.15) is 0 Å². The Kier molecular flexibility index (Phi) is 2.65. The molecule has 1 atom stereocenters. The van der Waals surface area contributed by atoms with E-state index in [0.29, 0.717) is 0 Å². The third-order valence-corrected chi connectivity index (χ3v) is 3.85. The first-order valence-corrected chi connectivity index (χ1v) is 6.69.